The number of carbonyl (C=O) groups excluding carboxylic acids is 1. The van der Waals surface area contributed by atoms with E-state index in [9.17, 15) is 48.6 Å². The van der Waals surface area contributed by atoms with Gasteiger partial charge in [-0.1, -0.05) is 6.92 Å². The van der Waals surface area contributed by atoms with E-state index in [0.29, 0.717) is 19.3 Å². The number of halogens is 3. The lowest BCUT2D eigenvalue weighted by Gasteiger charge is -2.46. The number of alkyl halides is 3. The van der Waals surface area contributed by atoms with Gasteiger partial charge in [0.25, 0.3) is 0 Å². The molecule has 0 aliphatic carbocycles. The van der Waals surface area contributed by atoms with Crippen molar-refractivity contribution in [2.45, 2.75) is 87.7 Å². The first-order valence-corrected chi connectivity index (χ1v) is 11.3. The highest BCUT2D eigenvalue weighted by Gasteiger charge is 2.49. The fraction of sp³-hybridized carbons (Fsp3) is 0.950. The smallest absolute Gasteiger partial charge is 0.394 e. The van der Waals surface area contributed by atoms with Crippen LogP contribution in [-0.2, 0) is 23.7 Å². The second-order valence-electron chi connectivity index (χ2n) is 8.56. The molecule has 12 nitrogen and oxygen atoms in total. The number of ether oxygens (including phenoxy) is 4. The molecule has 2 rings (SSSR count). The zero-order chi connectivity index (χ0) is 26.3. The number of amides is 1. The van der Waals surface area contributed by atoms with Gasteiger partial charge in [0.05, 0.1) is 19.3 Å². The van der Waals surface area contributed by atoms with Crippen molar-refractivity contribution in [3.8, 4) is 0 Å². The Morgan fingerprint density at radius 1 is 0.886 bits per heavy atom. The van der Waals surface area contributed by atoms with Gasteiger partial charge in [0.15, 0.2) is 12.6 Å². The topological polar surface area (TPSA) is 187 Å². The van der Waals surface area contributed by atoms with E-state index in [4.69, 9.17) is 18.9 Å². The summed E-state index contributed by atoms with van der Waals surface area (Å²) in [6.45, 7) is 0.297. The lowest BCUT2D eigenvalue weighted by molar-refractivity contribution is -0.353. The molecule has 35 heavy (non-hydrogen) atoms. The first-order chi connectivity index (χ1) is 16.4. The van der Waals surface area contributed by atoms with Crippen LogP contribution in [0.15, 0.2) is 0 Å². The molecule has 1 amide bonds. The monoisotopic (exact) mass is 521 g/mol. The highest BCUT2D eigenvalue weighted by Crippen LogP contribution is 2.32. The molecule has 2 fully saturated rings. The minimum absolute atomic E-state index is 0.130. The van der Waals surface area contributed by atoms with Gasteiger partial charge in [-0.05, 0) is 19.3 Å². The van der Waals surface area contributed by atoms with Gasteiger partial charge < -0.3 is 54.9 Å². The maximum Gasteiger partial charge on any atom is 0.471 e. The average Bonchev–Trinajstić information content (AvgIpc) is 2.81. The van der Waals surface area contributed by atoms with Crippen LogP contribution in [0, 0.1) is 5.92 Å². The number of aliphatic hydroxyl groups is 6. The lowest BCUT2D eigenvalue weighted by atomic mass is 9.92. The van der Waals surface area contributed by atoms with Crippen molar-refractivity contribution < 1.29 is 67.6 Å². The first kappa shape index (κ1) is 30.1. The van der Waals surface area contributed by atoms with E-state index in [1.165, 1.54) is 0 Å². The van der Waals surface area contributed by atoms with E-state index in [2.05, 4.69) is 0 Å². The van der Waals surface area contributed by atoms with Gasteiger partial charge in [0.2, 0.25) is 0 Å². The molecule has 10 atom stereocenters. The molecule has 15 heteroatoms. The Balaban J connectivity index is 1.82. The van der Waals surface area contributed by atoms with E-state index >= 15 is 0 Å². The van der Waals surface area contributed by atoms with Crippen LogP contribution in [0.25, 0.3) is 0 Å². The third-order valence-electron chi connectivity index (χ3n) is 5.95. The second-order valence-corrected chi connectivity index (χ2v) is 8.56. The molecule has 0 saturated carbocycles. The van der Waals surface area contributed by atoms with Crippen molar-refractivity contribution in [1.29, 1.82) is 0 Å². The number of rotatable bonds is 11. The van der Waals surface area contributed by atoms with Crippen molar-refractivity contribution in [2.75, 3.05) is 26.4 Å². The maximum atomic E-state index is 12.1. The Morgan fingerprint density at radius 2 is 1.51 bits per heavy atom. The average molecular weight is 521 g/mol. The van der Waals surface area contributed by atoms with E-state index in [1.54, 1.807) is 12.2 Å². The number of aliphatic hydroxyl groups excluding tert-OH is 6. The van der Waals surface area contributed by atoms with Crippen LogP contribution in [0.1, 0.15) is 26.2 Å². The van der Waals surface area contributed by atoms with Gasteiger partial charge in [-0.25, -0.2) is 0 Å². The standard InChI is InChI=1S/C20H34F3NO11/c1-9-12(27)16(35-18-15(30)14(29)13(28)10(7-25)33-18)11(8-26)34-17(9)32-6-4-2-3-5-24-19(31)20(21,22)23/h9-18,25-30H,2-8H2,1H3,(H,24,31)/t9?,10?,11?,12-,13+,14+,15?,16-,17-,18+/m1/s1. The van der Waals surface area contributed by atoms with Gasteiger partial charge in [-0.2, -0.15) is 13.2 Å². The molecular weight excluding hydrogens is 487 g/mol. The summed E-state index contributed by atoms with van der Waals surface area (Å²) in [4.78, 5) is 10.7. The highest BCUT2D eigenvalue weighted by molar-refractivity contribution is 5.81. The van der Waals surface area contributed by atoms with E-state index in [1.807, 2.05) is 0 Å². The summed E-state index contributed by atoms with van der Waals surface area (Å²) in [6, 6.07) is 0. The van der Waals surface area contributed by atoms with Crippen molar-refractivity contribution in [2.24, 2.45) is 5.92 Å². The number of carbonyl (C=O) groups is 1. The molecule has 2 aliphatic heterocycles. The van der Waals surface area contributed by atoms with Gasteiger partial charge in [0, 0.05) is 19.1 Å². The van der Waals surface area contributed by atoms with Crippen molar-refractivity contribution >= 4 is 5.91 Å². The predicted molar refractivity (Wildman–Crippen MR) is 108 cm³/mol. The van der Waals surface area contributed by atoms with E-state index in [0.717, 1.165) is 0 Å². The second kappa shape index (κ2) is 13.4. The van der Waals surface area contributed by atoms with Crippen LogP contribution in [0.5, 0.6) is 0 Å². The molecule has 7 N–H and O–H groups in total. The molecule has 206 valence electrons. The summed E-state index contributed by atoms with van der Waals surface area (Å²) >= 11 is 0. The highest BCUT2D eigenvalue weighted by atomic mass is 19.4. The zero-order valence-corrected chi connectivity index (χ0v) is 19.1. The molecule has 4 unspecified atom stereocenters. The summed E-state index contributed by atoms with van der Waals surface area (Å²) in [5, 5.41) is 61.5. The molecule has 0 aromatic carbocycles. The minimum atomic E-state index is -4.92. The zero-order valence-electron chi connectivity index (χ0n) is 19.1. The Bertz CT molecular complexity index is 654. The molecule has 2 aliphatic rings. The van der Waals surface area contributed by atoms with Crippen molar-refractivity contribution in [3.63, 3.8) is 0 Å². The predicted octanol–water partition coefficient (Wildman–Crippen LogP) is -2.25. The first-order valence-electron chi connectivity index (χ1n) is 11.3. The van der Waals surface area contributed by atoms with Gasteiger partial charge >= 0.3 is 12.1 Å². The fourth-order valence-corrected chi connectivity index (χ4v) is 3.80. The largest absolute Gasteiger partial charge is 0.471 e. The summed E-state index contributed by atoms with van der Waals surface area (Å²) in [5.41, 5.74) is 0. The third kappa shape index (κ3) is 7.92. The summed E-state index contributed by atoms with van der Waals surface area (Å²) < 4.78 is 58.5. The molecule has 2 saturated heterocycles. The Kier molecular flexibility index (Phi) is 11.5. The van der Waals surface area contributed by atoms with Gasteiger partial charge in [-0.15, -0.1) is 0 Å². The van der Waals surface area contributed by atoms with Crippen LogP contribution < -0.4 is 5.32 Å². The normalized spacial score (nSPS) is 38.3. The van der Waals surface area contributed by atoms with Crippen LogP contribution >= 0.6 is 0 Å². The lowest BCUT2D eigenvalue weighted by Crippen LogP contribution is -2.63. The molecule has 0 radical (unpaired) electrons. The van der Waals surface area contributed by atoms with Crippen LogP contribution in [-0.4, -0.2) is 124 Å². The minimum Gasteiger partial charge on any atom is -0.394 e. The molecule has 2 heterocycles. The molecule has 0 spiro atoms. The quantitative estimate of drug-likeness (QED) is 0.146. The Hall–Kier alpha value is -1.14. The molecule has 0 aromatic rings. The van der Waals surface area contributed by atoms with Gasteiger partial charge in [-0.3, -0.25) is 4.79 Å². The summed E-state index contributed by atoms with van der Waals surface area (Å²) in [6.07, 6.45) is -16.0. The number of nitrogens with one attached hydrogen (secondary N) is 1. The van der Waals surface area contributed by atoms with Crippen molar-refractivity contribution in [3.05, 3.63) is 0 Å². The summed E-state index contributed by atoms with van der Waals surface area (Å²) in [7, 11) is 0. The Labute approximate surface area is 199 Å². The van der Waals surface area contributed by atoms with Crippen molar-refractivity contribution in [1.82, 2.24) is 5.32 Å². The third-order valence-corrected chi connectivity index (χ3v) is 5.95. The number of hydrogen-bond acceptors (Lipinski definition) is 11. The van der Waals surface area contributed by atoms with Gasteiger partial charge in [0.1, 0.15) is 36.6 Å². The van der Waals surface area contributed by atoms with Crippen LogP contribution in [0.2, 0.25) is 0 Å². The summed E-state index contributed by atoms with van der Waals surface area (Å²) in [5.74, 6) is -2.68. The molecule has 0 aromatic heterocycles. The number of unbranched alkanes of at least 4 members (excludes halogenated alkanes) is 2. The molecule has 0 bridgehead atoms. The SMILES string of the molecule is CC1[C@H](OCCCCCNC(=O)C(F)(F)F)OC(CO)[C@@H](O[C@@H]2OC(CO)[C@H](O)[C@H](O)C2O)[C@@H]1O. The maximum absolute atomic E-state index is 12.1. The Morgan fingerprint density at radius 3 is 2.11 bits per heavy atom. The fourth-order valence-electron chi connectivity index (χ4n) is 3.80. The number of hydrogen-bond donors (Lipinski definition) is 7. The van der Waals surface area contributed by atoms with E-state index in [-0.39, 0.29) is 13.2 Å². The van der Waals surface area contributed by atoms with Crippen LogP contribution in [0.3, 0.4) is 0 Å². The van der Waals surface area contributed by atoms with Crippen LogP contribution in [0.4, 0.5) is 13.2 Å². The van der Waals surface area contributed by atoms with E-state index < -0.39 is 86.5 Å². The molecular formula is C20H34F3NO11.